The van der Waals surface area contributed by atoms with Crippen molar-refractivity contribution in [2.75, 3.05) is 0 Å². The average molecular weight is 331 g/mol. The molecule has 0 aliphatic carbocycles. The first-order chi connectivity index (χ1) is 11.0. The highest BCUT2D eigenvalue weighted by Crippen LogP contribution is 2.17. The van der Waals surface area contributed by atoms with Gasteiger partial charge < -0.3 is 4.74 Å². The van der Waals surface area contributed by atoms with Crippen LogP contribution < -0.4 is 10.2 Å². The van der Waals surface area contributed by atoms with Gasteiger partial charge in [-0.1, -0.05) is 35.9 Å². The molecule has 2 aromatic rings. The van der Waals surface area contributed by atoms with Crippen LogP contribution in [0.25, 0.3) is 0 Å². The molecule has 2 rings (SSSR count). The van der Waals surface area contributed by atoms with Crippen LogP contribution in [0.3, 0.4) is 0 Å². The maximum Gasteiger partial charge on any atom is 0.280 e. The predicted octanol–water partition coefficient (Wildman–Crippen LogP) is 3.87. The van der Waals surface area contributed by atoms with Gasteiger partial charge in [-0.25, -0.2) is 5.43 Å². The van der Waals surface area contributed by atoms with Crippen LogP contribution in [0.15, 0.2) is 47.6 Å². The summed E-state index contributed by atoms with van der Waals surface area (Å²) in [5.74, 6) is 0.340. The number of hydrazone groups is 1. The third-order valence-electron chi connectivity index (χ3n) is 3.16. The summed E-state index contributed by atoms with van der Waals surface area (Å²) in [6.45, 7) is 5.65. The van der Waals surface area contributed by atoms with Gasteiger partial charge in [0.2, 0.25) is 0 Å². The van der Waals surface area contributed by atoms with E-state index < -0.39 is 6.10 Å². The number of nitrogens with one attached hydrogen (secondary N) is 1. The van der Waals surface area contributed by atoms with Gasteiger partial charge in [0.1, 0.15) is 5.75 Å². The molecule has 4 nitrogen and oxygen atoms in total. The molecular weight excluding hydrogens is 312 g/mol. The number of hydrogen-bond acceptors (Lipinski definition) is 3. The largest absolute Gasteiger partial charge is 0.481 e. The summed E-state index contributed by atoms with van der Waals surface area (Å²) < 4.78 is 5.65. The summed E-state index contributed by atoms with van der Waals surface area (Å²) in [5.41, 5.74) is 5.36. The van der Waals surface area contributed by atoms with Crippen LogP contribution in [0.2, 0.25) is 5.02 Å². The molecular formula is C18H19ClN2O2. The maximum atomic E-state index is 12.0. The molecule has 2 aromatic carbocycles. The number of amides is 1. The molecule has 5 heteroatoms. The Kier molecular flexibility index (Phi) is 5.77. The molecule has 0 saturated heterocycles. The molecule has 0 aromatic heterocycles. The van der Waals surface area contributed by atoms with Crippen LogP contribution in [0.1, 0.15) is 23.6 Å². The lowest BCUT2D eigenvalue weighted by Gasteiger charge is -2.14. The zero-order valence-electron chi connectivity index (χ0n) is 13.3. The molecule has 0 fully saturated rings. The van der Waals surface area contributed by atoms with Crippen molar-refractivity contribution in [3.05, 3.63) is 64.2 Å². The Balaban J connectivity index is 1.93. The van der Waals surface area contributed by atoms with Crippen molar-refractivity contribution >= 4 is 23.7 Å². The van der Waals surface area contributed by atoms with Gasteiger partial charge in [0, 0.05) is 10.6 Å². The standard InChI is InChI=1S/C18H19ClN2O2/c1-12-8-13(2)10-16(9-12)23-14(3)18(22)21-20-11-15-6-4-5-7-17(15)19/h4-11,14H,1-3H3,(H,21,22). The molecule has 0 saturated carbocycles. The molecule has 1 unspecified atom stereocenters. The molecule has 120 valence electrons. The summed E-state index contributed by atoms with van der Waals surface area (Å²) in [6, 6.07) is 13.1. The third kappa shape index (κ3) is 5.11. The van der Waals surface area contributed by atoms with E-state index >= 15 is 0 Å². The van der Waals surface area contributed by atoms with Crippen molar-refractivity contribution < 1.29 is 9.53 Å². The monoisotopic (exact) mass is 330 g/mol. The van der Waals surface area contributed by atoms with Gasteiger partial charge in [-0.15, -0.1) is 0 Å². The Morgan fingerprint density at radius 2 is 1.87 bits per heavy atom. The number of ether oxygens (including phenoxy) is 1. The number of benzene rings is 2. The summed E-state index contributed by atoms with van der Waals surface area (Å²) in [5, 5.41) is 4.49. The minimum absolute atomic E-state index is 0.326. The second-order valence-corrected chi connectivity index (χ2v) is 5.75. The number of carbonyl (C=O) groups excluding carboxylic acids is 1. The van der Waals surface area contributed by atoms with Gasteiger partial charge in [-0.05, 0) is 50.1 Å². The second kappa shape index (κ2) is 7.79. The molecule has 0 spiro atoms. The van der Waals surface area contributed by atoms with Crippen LogP contribution in [0.5, 0.6) is 5.75 Å². The highest BCUT2D eigenvalue weighted by Gasteiger charge is 2.14. The minimum atomic E-state index is -0.653. The molecule has 0 radical (unpaired) electrons. The van der Waals surface area contributed by atoms with E-state index in [0.29, 0.717) is 10.8 Å². The van der Waals surface area contributed by atoms with Gasteiger partial charge in [-0.2, -0.15) is 5.10 Å². The van der Waals surface area contributed by atoms with Crippen molar-refractivity contribution in [2.24, 2.45) is 5.10 Å². The first kappa shape index (κ1) is 17.0. The van der Waals surface area contributed by atoms with Crippen molar-refractivity contribution in [3.8, 4) is 5.75 Å². The van der Waals surface area contributed by atoms with Crippen molar-refractivity contribution in [1.82, 2.24) is 5.43 Å². The van der Waals surface area contributed by atoms with E-state index in [2.05, 4.69) is 10.5 Å². The van der Waals surface area contributed by atoms with Gasteiger partial charge in [-0.3, -0.25) is 4.79 Å². The van der Waals surface area contributed by atoms with Gasteiger partial charge >= 0.3 is 0 Å². The van der Waals surface area contributed by atoms with Crippen molar-refractivity contribution in [3.63, 3.8) is 0 Å². The van der Waals surface area contributed by atoms with Crippen LogP contribution in [0.4, 0.5) is 0 Å². The van der Waals surface area contributed by atoms with E-state index in [0.717, 1.165) is 16.7 Å². The molecule has 23 heavy (non-hydrogen) atoms. The fraction of sp³-hybridized carbons (Fsp3) is 0.222. The summed E-state index contributed by atoms with van der Waals surface area (Å²) in [6.07, 6.45) is 0.851. The third-order valence-corrected chi connectivity index (χ3v) is 3.51. The Bertz CT molecular complexity index is 708. The van der Waals surface area contributed by atoms with Crippen LogP contribution in [-0.4, -0.2) is 18.2 Å². The number of aryl methyl sites for hydroxylation is 2. The number of nitrogens with zero attached hydrogens (tertiary/aromatic N) is 1. The molecule has 0 heterocycles. The number of carbonyl (C=O) groups is 1. The fourth-order valence-electron chi connectivity index (χ4n) is 2.09. The zero-order valence-corrected chi connectivity index (χ0v) is 14.1. The minimum Gasteiger partial charge on any atom is -0.481 e. The molecule has 1 atom stereocenters. The molecule has 0 aliphatic rings. The van der Waals surface area contributed by atoms with E-state index in [1.165, 1.54) is 6.21 Å². The number of rotatable bonds is 5. The highest BCUT2D eigenvalue weighted by molar-refractivity contribution is 6.33. The smallest absolute Gasteiger partial charge is 0.280 e. The number of halogens is 1. The number of hydrogen-bond donors (Lipinski definition) is 1. The first-order valence-electron chi connectivity index (χ1n) is 7.28. The zero-order chi connectivity index (χ0) is 16.8. The van der Waals surface area contributed by atoms with Crippen LogP contribution in [0, 0.1) is 13.8 Å². The molecule has 0 aliphatic heterocycles. The van der Waals surface area contributed by atoms with Gasteiger partial charge in [0.05, 0.1) is 6.21 Å². The van der Waals surface area contributed by atoms with E-state index in [1.54, 1.807) is 13.0 Å². The molecule has 0 bridgehead atoms. The SMILES string of the molecule is Cc1cc(C)cc(OC(C)C(=O)NN=Cc2ccccc2Cl)c1. The Labute approximate surface area is 141 Å². The summed E-state index contributed by atoms with van der Waals surface area (Å²) >= 11 is 6.01. The van der Waals surface area contributed by atoms with E-state index in [1.807, 2.05) is 50.2 Å². The highest BCUT2D eigenvalue weighted by atomic mass is 35.5. The van der Waals surface area contributed by atoms with E-state index in [9.17, 15) is 4.79 Å². The van der Waals surface area contributed by atoms with Crippen molar-refractivity contribution in [2.45, 2.75) is 26.9 Å². The van der Waals surface area contributed by atoms with Gasteiger partial charge in [0.25, 0.3) is 5.91 Å². The van der Waals surface area contributed by atoms with Crippen LogP contribution >= 0.6 is 11.6 Å². The van der Waals surface area contributed by atoms with Crippen LogP contribution in [-0.2, 0) is 4.79 Å². The summed E-state index contributed by atoms with van der Waals surface area (Å²) in [7, 11) is 0. The maximum absolute atomic E-state index is 12.0. The molecule has 1 N–H and O–H groups in total. The first-order valence-corrected chi connectivity index (χ1v) is 7.66. The average Bonchev–Trinajstić information content (AvgIpc) is 2.48. The molecule has 1 amide bonds. The Hall–Kier alpha value is -2.33. The van der Waals surface area contributed by atoms with E-state index in [-0.39, 0.29) is 5.91 Å². The van der Waals surface area contributed by atoms with E-state index in [4.69, 9.17) is 16.3 Å². The topological polar surface area (TPSA) is 50.7 Å². The Morgan fingerprint density at radius 3 is 2.52 bits per heavy atom. The quantitative estimate of drug-likeness (QED) is 0.668. The fourth-order valence-corrected chi connectivity index (χ4v) is 2.28. The lowest BCUT2D eigenvalue weighted by Crippen LogP contribution is -2.33. The normalized spacial score (nSPS) is 12.2. The summed E-state index contributed by atoms with van der Waals surface area (Å²) in [4.78, 5) is 12.0. The Morgan fingerprint density at radius 1 is 1.22 bits per heavy atom. The lowest BCUT2D eigenvalue weighted by molar-refractivity contribution is -0.127. The lowest BCUT2D eigenvalue weighted by atomic mass is 10.1. The predicted molar refractivity (Wildman–Crippen MR) is 93.2 cm³/mol. The second-order valence-electron chi connectivity index (χ2n) is 5.34. The van der Waals surface area contributed by atoms with Gasteiger partial charge in [0.15, 0.2) is 6.10 Å². The van der Waals surface area contributed by atoms with Crippen molar-refractivity contribution in [1.29, 1.82) is 0 Å².